The number of rotatable bonds is 11. The quantitative estimate of drug-likeness (QED) is 0.0221. The molecule has 2 amide bonds. The van der Waals surface area contributed by atoms with Gasteiger partial charge in [-0.3, -0.25) is 28.4 Å². The van der Waals surface area contributed by atoms with Crippen LogP contribution in [0.15, 0.2) is 98.8 Å². The Morgan fingerprint density at radius 3 is 1.12 bits per heavy atom. The van der Waals surface area contributed by atoms with E-state index in [0.717, 1.165) is 62.1 Å². The summed E-state index contributed by atoms with van der Waals surface area (Å²) in [5.41, 5.74) is -1.58. The molecule has 46 heteroatoms. The second-order valence-corrected chi connectivity index (χ2v) is 45.0. The molecule has 150 heavy (non-hydrogen) atoms. The molecule has 0 radical (unpaired) electrons. The van der Waals surface area contributed by atoms with Crippen molar-refractivity contribution in [1.82, 2.24) is 53.2 Å². The average Bonchev–Trinajstić information content (AvgIpc) is 1.18. The van der Waals surface area contributed by atoms with Crippen molar-refractivity contribution in [3.63, 3.8) is 0 Å². The van der Waals surface area contributed by atoms with Crippen molar-refractivity contribution in [2.24, 2.45) is 5.92 Å². The van der Waals surface area contributed by atoms with Crippen LogP contribution in [-0.4, -0.2) is 287 Å². The Morgan fingerprint density at radius 1 is 0.427 bits per heavy atom. The van der Waals surface area contributed by atoms with Gasteiger partial charge < -0.3 is 76.4 Å². The van der Waals surface area contributed by atoms with Crippen LogP contribution in [0.3, 0.4) is 0 Å². The molecule has 10 aliphatic heterocycles. The molecule has 0 unspecified atom stereocenters. The Balaban J connectivity index is 0.000000150. The van der Waals surface area contributed by atoms with E-state index in [1.807, 2.05) is 108 Å². The number of piperazine rings is 2. The van der Waals surface area contributed by atoms with Crippen molar-refractivity contribution in [3.05, 3.63) is 181 Å². The number of nitrogens with zero attached hydrogens (tertiary/aromatic N) is 14. The third kappa shape index (κ3) is 24.9. The maximum Gasteiger partial charge on any atom is 0.497 e. The van der Waals surface area contributed by atoms with Crippen LogP contribution in [0.5, 0.6) is 17.2 Å². The summed E-state index contributed by atoms with van der Waals surface area (Å²) >= 11 is 41.9. The van der Waals surface area contributed by atoms with Gasteiger partial charge in [-0.2, -0.15) is 15.0 Å². The topological polar surface area (TPSA) is 300 Å². The highest BCUT2D eigenvalue weighted by atomic mass is 79.9. The number of benzene rings is 6. The Kier molecular flexibility index (Phi) is 35.7. The average molecular weight is 2270 g/mol. The predicted octanol–water partition coefficient (Wildman–Crippen LogP) is 18.0. The van der Waals surface area contributed by atoms with Gasteiger partial charge in [0.2, 0.25) is 0 Å². The second kappa shape index (κ2) is 46.9. The molecule has 0 saturated carbocycles. The molecule has 0 spiro atoms. The number of ether oxygens (including phenoxy) is 9. The number of piperidine rings is 1. The van der Waals surface area contributed by atoms with Crippen LogP contribution in [0, 0.1) is 40.8 Å². The monoisotopic (exact) mass is 2270 g/mol. The van der Waals surface area contributed by atoms with Crippen LogP contribution in [0.25, 0.3) is 55.0 Å². The maximum atomic E-state index is 15.4. The molecule has 9 aromatic rings. The van der Waals surface area contributed by atoms with Gasteiger partial charge in [0.15, 0.2) is 17.2 Å². The van der Waals surface area contributed by atoms with Crippen LogP contribution in [0.1, 0.15) is 124 Å². The number of anilines is 3. The van der Waals surface area contributed by atoms with E-state index < -0.39 is 93.8 Å². The summed E-state index contributed by atoms with van der Waals surface area (Å²) in [7, 11) is -0.881. The first-order chi connectivity index (χ1) is 70.7. The minimum absolute atomic E-state index is 0.00171. The van der Waals surface area contributed by atoms with Crippen molar-refractivity contribution < 1.29 is 97.5 Å². The lowest BCUT2D eigenvalue weighted by molar-refractivity contribution is -0.152. The smallest absolute Gasteiger partial charge is 0.489 e. The minimum atomic E-state index is -0.906. The van der Waals surface area contributed by atoms with Gasteiger partial charge in [0, 0.05) is 196 Å². The van der Waals surface area contributed by atoms with Gasteiger partial charge in [-0.25, -0.2) is 59.9 Å². The second-order valence-electron chi connectivity index (χ2n) is 41.8. The molecule has 0 N–H and O–H groups in total. The molecule has 13 heterocycles. The summed E-state index contributed by atoms with van der Waals surface area (Å²) in [5.74, 6) is -3.61. The fourth-order valence-electron chi connectivity index (χ4n) is 19.8. The van der Waals surface area contributed by atoms with Crippen LogP contribution >= 0.6 is 85.5 Å². The number of halogens is 13. The zero-order valence-electron chi connectivity index (χ0n) is 86.2. The van der Waals surface area contributed by atoms with E-state index in [-0.39, 0.29) is 144 Å². The Labute approximate surface area is 903 Å². The van der Waals surface area contributed by atoms with Crippen molar-refractivity contribution >= 4 is 172 Å². The molecule has 7 saturated heterocycles. The fourth-order valence-corrected chi connectivity index (χ4v) is 21.5. The first-order valence-electron chi connectivity index (χ1n) is 49.6. The van der Waals surface area contributed by atoms with Crippen molar-refractivity contribution in [3.8, 4) is 39.5 Å². The summed E-state index contributed by atoms with van der Waals surface area (Å²) in [4.78, 5) is 118. The van der Waals surface area contributed by atoms with E-state index in [9.17, 15) is 51.1 Å². The number of esters is 2. The molecule has 0 aliphatic carbocycles. The number of amides is 2. The van der Waals surface area contributed by atoms with Crippen LogP contribution in [0.2, 0.25) is 30.1 Å². The summed E-state index contributed by atoms with van der Waals surface area (Å²) in [6.07, 6.45) is 3.12. The van der Waals surface area contributed by atoms with Crippen molar-refractivity contribution in [2.45, 2.75) is 214 Å². The van der Waals surface area contributed by atoms with Gasteiger partial charge in [0.05, 0.1) is 120 Å². The molecule has 7 fully saturated rings. The zero-order chi connectivity index (χ0) is 109. The number of aromatic nitrogens is 6. The third-order valence-electron chi connectivity index (χ3n) is 28.3. The SMILES string of the molecule is C=CC(=O)OC(=O)C=C.CC1(C)OB(c2cc(Cl)c(F)cc2F)OC1(C)C.C[C@@H]1CN(c2nc(=O)n3c4c(c(-c5cc(Cl)c(F)cc5F)c(Cl)cc24)OC[C@@H](N2CCOCC2)C3)[C@@H](C)CN1C(=O)OC(C)(C)C.C[C@@H]1CN(c2nc(=O)n3c4c(c(Br)c(Cl)cc24)OC[C@@H](N2CCOCC2)C3)[C@@H](C)CN1C(=O)OC(C)(C)C.C[C@H]1CC[C@H](C)N(c2nc(=O)n3c4c(c(-c5cc(Cl)c(F)cc5F)c(Cl)cc24)OC[C@@H](N2CCOCC2)C3)C1. The predicted molar refractivity (Wildman–Crippen MR) is 569 cm³/mol. The standard InChI is InChI=1S/C32H37Cl2F2N5O5.C28H30Cl2F2N4O3.C26H35BrClN5O5.C12H14BClF2O2.C6H6O3/c1-17-14-40(31(43)46-32(3,4)5)18(2)13-39(17)29-21-11-23(34)26(20-10-22(33)25(36)12-24(20)35)28-27(21)41(30(42)37-29)15-19(16-45-28)38-6-8-44-9-7-38;1-15-3-4-16(2)35(12-15)27-19-10-21(30)24(18-9-20(29)23(32)11-22(18)31)26-25(19)36(28(37)33-27)13-17(14-39-26)34-5-7-38-8-6-34;1-15-12-32(25(35)38-26(3,4)5)16(2)11-31(15)23-18-10-19(28)20(27)22-21(18)33(24(34)29-23)13-17(14-37-22)30-6-8-36-9-7-30;1-11(2)12(3,4)18-13(17-11)7-5-8(14)10(16)6-9(7)15;1-3-5(7)9-6(8)4-2/h10-12,17-19H,6-9,13-16H2,1-5H3;9-11,15-17H,3-8,12-14H2,1-2H3;10,15-17H,6-9,11-14H2,1-5H3;5-6H,1-4H3;3-4H,1-2H2/t17-,18+,19-;15-,16-,17-;15-,16+,17-;;/m000../s1. The van der Waals surface area contributed by atoms with E-state index in [1.165, 1.54) is 18.2 Å². The molecule has 9 atom stereocenters. The number of hydrogen-bond acceptors (Lipinski definition) is 27. The highest BCUT2D eigenvalue weighted by Gasteiger charge is 2.53. The largest absolute Gasteiger partial charge is 0.497 e. The molecule has 32 nitrogen and oxygen atoms in total. The van der Waals surface area contributed by atoms with E-state index >= 15 is 8.78 Å². The van der Waals surface area contributed by atoms with Crippen LogP contribution in [0.4, 0.5) is 53.4 Å². The van der Waals surface area contributed by atoms with Crippen molar-refractivity contribution in [2.75, 3.05) is 146 Å². The van der Waals surface area contributed by atoms with E-state index in [2.05, 4.69) is 87.1 Å². The van der Waals surface area contributed by atoms with Crippen LogP contribution < -0.4 is 51.4 Å². The van der Waals surface area contributed by atoms with Gasteiger partial charge in [-0.1, -0.05) is 89.7 Å². The number of hydrogen-bond donors (Lipinski definition) is 0. The van der Waals surface area contributed by atoms with Gasteiger partial charge in [-0.15, -0.1) is 0 Å². The Hall–Kier alpha value is -9.76. The molecule has 0 bridgehead atoms. The number of carbonyl (C=O) groups excluding carboxylic acids is 4. The molecule has 10 aliphatic rings. The highest BCUT2D eigenvalue weighted by Crippen LogP contribution is 2.52. The molecular weight excluding hydrogens is 2150 g/mol. The lowest BCUT2D eigenvalue weighted by Crippen LogP contribution is -2.59. The number of morpholine rings is 3. The van der Waals surface area contributed by atoms with Crippen LogP contribution in [-0.2, 0) is 67.0 Å². The first kappa shape index (κ1) is 114. The normalized spacial score (nSPS) is 22.4. The van der Waals surface area contributed by atoms with Gasteiger partial charge in [-0.05, 0) is 175 Å². The van der Waals surface area contributed by atoms with Gasteiger partial charge >= 0.3 is 48.3 Å². The highest BCUT2D eigenvalue weighted by molar-refractivity contribution is 9.10. The Bertz CT molecular complexity index is 6840. The maximum absolute atomic E-state index is 15.4. The Morgan fingerprint density at radius 2 is 0.760 bits per heavy atom. The van der Waals surface area contributed by atoms with Crippen molar-refractivity contribution in [1.29, 1.82) is 0 Å². The molecular formula is C104H122BBrCl6F6N14O18. The molecule has 6 aromatic carbocycles. The molecule has 3 aromatic heterocycles. The summed E-state index contributed by atoms with van der Waals surface area (Å²) < 4.78 is 154. The first-order valence-corrected chi connectivity index (χ1v) is 52.7. The minimum Gasteiger partial charge on any atom is -0.489 e. The molecule has 19 rings (SSSR count). The van der Waals surface area contributed by atoms with Gasteiger partial charge in [0.25, 0.3) is 0 Å². The fraction of sp³-hybridized carbons (Fsp3) is 0.519. The number of carbonyl (C=O) groups is 4. The molecule has 810 valence electrons. The zero-order valence-corrected chi connectivity index (χ0v) is 92.4. The summed E-state index contributed by atoms with van der Waals surface area (Å²) in [6.45, 7) is 49.0. The summed E-state index contributed by atoms with van der Waals surface area (Å²) in [5, 5.41) is 2.08. The third-order valence-corrected chi connectivity index (χ3v) is 31.1. The van der Waals surface area contributed by atoms with Gasteiger partial charge in [0.1, 0.15) is 83.4 Å². The van der Waals surface area contributed by atoms with E-state index in [4.69, 9.17) is 117 Å². The lowest BCUT2D eigenvalue weighted by Gasteiger charge is -2.45. The van der Waals surface area contributed by atoms with E-state index in [1.54, 1.807) is 35.6 Å². The lowest BCUT2D eigenvalue weighted by atomic mass is 9.78. The van der Waals surface area contributed by atoms with E-state index in [0.29, 0.717) is 184 Å². The summed E-state index contributed by atoms with van der Waals surface area (Å²) in [6, 6.07) is 10.0.